The maximum Gasteiger partial charge on any atom is 0.243 e. The number of carbonyl (C=O) groups excluding carboxylic acids is 1. The summed E-state index contributed by atoms with van der Waals surface area (Å²) in [5, 5.41) is 2.99. The van der Waals surface area contributed by atoms with E-state index in [2.05, 4.69) is 56.6 Å². The predicted octanol–water partition coefficient (Wildman–Crippen LogP) is 5.28. The van der Waals surface area contributed by atoms with Crippen LogP contribution >= 0.6 is 0 Å². The van der Waals surface area contributed by atoms with Gasteiger partial charge in [0.1, 0.15) is 0 Å². The molecule has 1 aromatic carbocycles. The number of aromatic nitrogens is 2. The van der Waals surface area contributed by atoms with Gasteiger partial charge in [-0.1, -0.05) is 55.3 Å². The molecule has 5 nitrogen and oxygen atoms in total. The van der Waals surface area contributed by atoms with Crippen molar-refractivity contribution in [2.24, 2.45) is 5.92 Å². The van der Waals surface area contributed by atoms with Gasteiger partial charge in [-0.2, -0.15) is 0 Å². The van der Waals surface area contributed by atoms with E-state index < -0.39 is 0 Å². The van der Waals surface area contributed by atoms with Gasteiger partial charge in [-0.15, -0.1) is 0 Å². The maximum atomic E-state index is 12.0. The summed E-state index contributed by atoms with van der Waals surface area (Å²) in [6.45, 7) is 2.94. The van der Waals surface area contributed by atoms with Crippen LogP contribution in [0.4, 0.5) is 0 Å². The molecule has 0 radical (unpaired) electrons. The standard InChI is InChI=1S/C29H34N4O/c34-28(14-13-25-9-6-17-30-22-25)32-19-5-4-8-24-15-20-33(21-16-24)29(26-10-2-1-3-11-26)27-12-7-18-31-23-27/h1-3,6-7,9-14,17-18,22-24,29H,4-5,8,15-16,19-21H2,(H,32,34)/b14-13-. The summed E-state index contributed by atoms with van der Waals surface area (Å²) in [5.41, 5.74) is 3.53. The second-order valence-corrected chi connectivity index (χ2v) is 8.99. The molecular weight excluding hydrogens is 420 g/mol. The summed E-state index contributed by atoms with van der Waals surface area (Å²) in [5.74, 6) is 0.724. The first-order valence-electron chi connectivity index (χ1n) is 12.3. The summed E-state index contributed by atoms with van der Waals surface area (Å²) in [7, 11) is 0. The molecule has 3 heterocycles. The summed E-state index contributed by atoms with van der Waals surface area (Å²) in [6.07, 6.45) is 16.6. The van der Waals surface area contributed by atoms with Crippen molar-refractivity contribution in [1.29, 1.82) is 0 Å². The molecule has 5 heteroatoms. The van der Waals surface area contributed by atoms with Crippen molar-refractivity contribution in [1.82, 2.24) is 20.2 Å². The second-order valence-electron chi connectivity index (χ2n) is 8.99. The molecule has 34 heavy (non-hydrogen) atoms. The quantitative estimate of drug-likeness (QED) is 0.335. The van der Waals surface area contributed by atoms with E-state index in [1.165, 1.54) is 30.4 Å². The normalized spacial score (nSPS) is 15.9. The molecule has 0 aliphatic carbocycles. The third-order valence-corrected chi connectivity index (χ3v) is 6.58. The number of carbonyl (C=O) groups is 1. The van der Waals surface area contributed by atoms with Crippen LogP contribution in [0.15, 0.2) is 85.5 Å². The summed E-state index contributed by atoms with van der Waals surface area (Å²) in [6, 6.07) is 19.1. The molecule has 3 aromatic rings. The lowest BCUT2D eigenvalue weighted by Crippen LogP contribution is -2.37. The lowest BCUT2D eigenvalue weighted by atomic mass is 9.89. The van der Waals surface area contributed by atoms with E-state index in [-0.39, 0.29) is 11.9 Å². The molecule has 176 valence electrons. The number of hydrogen-bond donors (Lipinski definition) is 1. The Kier molecular flexibility index (Phi) is 8.98. The van der Waals surface area contributed by atoms with Crippen LogP contribution in [0.3, 0.4) is 0 Å². The Hall–Kier alpha value is -3.31. The second kappa shape index (κ2) is 12.8. The first-order chi connectivity index (χ1) is 16.8. The van der Waals surface area contributed by atoms with Gasteiger partial charge in [0.2, 0.25) is 5.91 Å². The van der Waals surface area contributed by atoms with Gasteiger partial charge in [-0.25, -0.2) is 0 Å². The molecule has 1 fully saturated rings. The number of amides is 1. The molecular formula is C29H34N4O. The molecule has 1 N–H and O–H groups in total. The molecule has 0 saturated carbocycles. The van der Waals surface area contributed by atoms with Gasteiger partial charge in [0.25, 0.3) is 0 Å². The van der Waals surface area contributed by atoms with Crippen molar-refractivity contribution in [3.8, 4) is 0 Å². The van der Waals surface area contributed by atoms with Crippen LogP contribution in [-0.2, 0) is 4.79 Å². The maximum absolute atomic E-state index is 12.0. The minimum atomic E-state index is -0.0421. The number of nitrogens with zero attached hydrogens (tertiary/aromatic N) is 3. The Morgan fingerprint density at radius 2 is 1.68 bits per heavy atom. The molecule has 4 rings (SSSR count). The van der Waals surface area contributed by atoms with Gasteiger partial charge in [-0.05, 0) is 73.2 Å². The van der Waals surface area contributed by atoms with E-state index in [4.69, 9.17) is 0 Å². The van der Waals surface area contributed by atoms with Crippen molar-refractivity contribution in [2.45, 2.75) is 38.1 Å². The molecule has 1 atom stereocenters. The minimum Gasteiger partial charge on any atom is -0.353 e. The Morgan fingerprint density at radius 3 is 2.38 bits per heavy atom. The van der Waals surface area contributed by atoms with Crippen molar-refractivity contribution >= 4 is 12.0 Å². The van der Waals surface area contributed by atoms with Crippen LogP contribution in [0.5, 0.6) is 0 Å². The van der Waals surface area contributed by atoms with E-state index in [9.17, 15) is 4.79 Å². The molecule has 1 unspecified atom stereocenters. The fraction of sp³-hybridized carbons (Fsp3) is 0.345. The highest BCUT2D eigenvalue weighted by molar-refractivity contribution is 5.91. The highest BCUT2D eigenvalue weighted by Gasteiger charge is 2.27. The van der Waals surface area contributed by atoms with Gasteiger partial charge in [-0.3, -0.25) is 19.7 Å². The minimum absolute atomic E-state index is 0.0421. The number of unbranched alkanes of at least 4 members (excludes halogenated alkanes) is 1. The van der Waals surface area contributed by atoms with Crippen LogP contribution < -0.4 is 5.32 Å². The Bertz CT molecular complexity index is 976. The topological polar surface area (TPSA) is 58.1 Å². The summed E-state index contributed by atoms with van der Waals surface area (Å²) < 4.78 is 0. The van der Waals surface area contributed by atoms with Gasteiger partial charge in [0, 0.05) is 37.4 Å². The van der Waals surface area contributed by atoms with Crippen LogP contribution in [0.2, 0.25) is 0 Å². The van der Waals surface area contributed by atoms with Crippen LogP contribution in [0.1, 0.15) is 54.8 Å². The van der Waals surface area contributed by atoms with Gasteiger partial charge in [0.15, 0.2) is 0 Å². The Morgan fingerprint density at radius 1 is 0.941 bits per heavy atom. The van der Waals surface area contributed by atoms with Crippen LogP contribution in [0.25, 0.3) is 6.08 Å². The SMILES string of the molecule is O=C(/C=C\c1cccnc1)NCCCCC1CCN(C(c2ccccc2)c2cccnc2)CC1. The molecule has 0 bridgehead atoms. The molecule has 1 aliphatic heterocycles. The summed E-state index contributed by atoms with van der Waals surface area (Å²) in [4.78, 5) is 23.0. The predicted molar refractivity (Wildman–Crippen MR) is 137 cm³/mol. The summed E-state index contributed by atoms with van der Waals surface area (Å²) >= 11 is 0. The van der Waals surface area contributed by atoms with E-state index in [1.807, 2.05) is 30.6 Å². The number of pyridine rings is 2. The first-order valence-corrected chi connectivity index (χ1v) is 12.3. The molecule has 1 amide bonds. The van der Waals surface area contributed by atoms with Crippen molar-refractivity contribution in [3.05, 3.63) is 102 Å². The lowest BCUT2D eigenvalue weighted by molar-refractivity contribution is -0.116. The third-order valence-electron chi connectivity index (χ3n) is 6.58. The lowest BCUT2D eigenvalue weighted by Gasteiger charge is -2.38. The number of benzene rings is 1. The molecule has 2 aromatic heterocycles. The van der Waals surface area contributed by atoms with Gasteiger partial charge < -0.3 is 5.32 Å². The van der Waals surface area contributed by atoms with Gasteiger partial charge in [0.05, 0.1) is 6.04 Å². The average molecular weight is 455 g/mol. The Labute approximate surface area is 203 Å². The number of likely N-dealkylation sites (tertiary alicyclic amines) is 1. The van der Waals surface area contributed by atoms with Crippen molar-refractivity contribution in [3.63, 3.8) is 0 Å². The van der Waals surface area contributed by atoms with E-state index >= 15 is 0 Å². The highest BCUT2D eigenvalue weighted by Crippen LogP contribution is 2.33. The van der Waals surface area contributed by atoms with E-state index in [0.29, 0.717) is 0 Å². The Balaban J connectivity index is 1.18. The zero-order valence-corrected chi connectivity index (χ0v) is 19.7. The number of piperidine rings is 1. The van der Waals surface area contributed by atoms with E-state index in [0.717, 1.165) is 44.0 Å². The van der Waals surface area contributed by atoms with Crippen LogP contribution in [0, 0.1) is 5.92 Å². The number of hydrogen-bond acceptors (Lipinski definition) is 4. The van der Waals surface area contributed by atoms with Gasteiger partial charge >= 0.3 is 0 Å². The molecule has 1 saturated heterocycles. The zero-order valence-electron chi connectivity index (χ0n) is 19.7. The number of nitrogens with one attached hydrogen (secondary N) is 1. The molecule has 1 aliphatic rings. The third kappa shape index (κ3) is 7.09. The average Bonchev–Trinajstić information content (AvgIpc) is 2.90. The van der Waals surface area contributed by atoms with Crippen molar-refractivity contribution in [2.75, 3.05) is 19.6 Å². The van der Waals surface area contributed by atoms with Crippen molar-refractivity contribution < 1.29 is 4.79 Å². The fourth-order valence-corrected chi connectivity index (χ4v) is 4.76. The van der Waals surface area contributed by atoms with E-state index in [1.54, 1.807) is 24.5 Å². The fourth-order valence-electron chi connectivity index (χ4n) is 4.76. The first kappa shape index (κ1) is 23.8. The molecule has 0 spiro atoms. The van der Waals surface area contributed by atoms with Crippen LogP contribution in [-0.4, -0.2) is 40.4 Å². The monoisotopic (exact) mass is 454 g/mol. The smallest absolute Gasteiger partial charge is 0.243 e. The zero-order chi connectivity index (χ0) is 23.4. The number of rotatable bonds is 10. The highest BCUT2D eigenvalue weighted by atomic mass is 16.1. The largest absolute Gasteiger partial charge is 0.353 e.